The van der Waals surface area contributed by atoms with Gasteiger partial charge in [-0.1, -0.05) is 24.1 Å². The van der Waals surface area contributed by atoms with Crippen molar-refractivity contribution >= 4 is 10.0 Å². The van der Waals surface area contributed by atoms with Crippen LogP contribution in [0.2, 0.25) is 0 Å². The molecule has 7 heteroatoms. The van der Waals surface area contributed by atoms with Crippen molar-refractivity contribution in [1.82, 2.24) is 14.1 Å². The maximum absolute atomic E-state index is 13.1. The molecule has 26 heavy (non-hydrogen) atoms. The number of sulfonamides is 1. The summed E-state index contributed by atoms with van der Waals surface area (Å²) in [5.41, 5.74) is 3.35. The van der Waals surface area contributed by atoms with Gasteiger partial charge >= 0.3 is 0 Å². The fourth-order valence-corrected chi connectivity index (χ4v) is 5.52. The number of hydrogen-bond donors (Lipinski definition) is 0. The first kappa shape index (κ1) is 18.9. The zero-order valence-electron chi connectivity index (χ0n) is 15.9. The average molecular weight is 378 g/mol. The van der Waals surface area contributed by atoms with Crippen LogP contribution in [0, 0.1) is 20.8 Å². The normalized spacial score (nSPS) is 16.0. The lowest BCUT2D eigenvalue weighted by molar-refractivity contribution is 0.346. The molecule has 6 nitrogen and oxygen atoms in total. The van der Waals surface area contributed by atoms with E-state index in [1.165, 1.54) is 0 Å². The van der Waals surface area contributed by atoms with Crippen molar-refractivity contribution in [3.63, 3.8) is 0 Å². The Bertz CT molecular complexity index is 897. The van der Waals surface area contributed by atoms with Gasteiger partial charge in [-0.25, -0.2) is 8.42 Å². The molecule has 0 bridgehead atoms. The van der Waals surface area contributed by atoms with E-state index in [2.05, 4.69) is 5.10 Å². The van der Waals surface area contributed by atoms with E-state index in [0.29, 0.717) is 35.9 Å². The molecule has 1 aliphatic heterocycles. The number of hydrogen-bond acceptors (Lipinski definition) is 4. The monoisotopic (exact) mass is 377 g/mol. The minimum Gasteiger partial charge on any atom is -0.496 e. The van der Waals surface area contributed by atoms with Crippen molar-refractivity contribution in [2.24, 2.45) is 0 Å². The van der Waals surface area contributed by atoms with Crippen LogP contribution in [-0.2, 0) is 16.6 Å². The molecule has 0 amide bonds. The number of rotatable bonds is 5. The summed E-state index contributed by atoms with van der Waals surface area (Å²) in [6.45, 7) is 7.30. The van der Waals surface area contributed by atoms with Crippen LogP contribution in [-0.4, -0.2) is 42.7 Å². The summed E-state index contributed by atoms with van der Waals surface area (Å²) in [5, 5.41) is 4.53. The highest BCUT2D eigenvalue weighted by atomic mass is 32.2. The third-order valence-electron chi connectivity index (χ3n) is 4.98. The van der Waals surface area contributed by atoms with Crippen LogP contribution >= 0.6 is 0 Å². The second-order valence-corrected chi connectivity index (χ2v) is 8.81. The molecule has 0 unspecified atom stereocenters. The summed E-state index contributed by atoms with van der Waals surface area (Å²) in [6, 6.07) is 5.98. The molecule has 0 N–H and O–H groups in total. The topological polar surface area (TPSA) is 64.4 Å². The van der Waals surface area contributed by atoms with Gasteiger partial charge in [0.2, 0.25) is 10.0 Å². The number of aryl methyl sites for hydroxylation is 2. The Morgan fingerprint density at radius 2 is 1.81 bits per heavy atom. The van der Waals surface area contributed by atoms with Crippen LogP contribution in [0.1, 0.15) is 41.8 Å². The lowest BCUT2D eigenvalue weighted by atomic mass is 10.1. The number of piperidine rings is 1. The maximum Gasteiger partial charge on any atom is 0.246 e. The Labute approximate surface area is 155 Å². The van der Waals surface area contributed by atoms with Crippen LogP contribution in [0.3, 0.4) is 0 Å². The van der Waals surface area contributed by atoms with Crippen molar-refractivity contribution in [3.8, 4) is 5.75 Å². The predicted octanol–water partition coefficient (Wildman–Crippen LogP) is 3.04. The minimum atomic E-state index is -3.50. The second-order valence-electron chi connectivity index (χ2n) is 6.94. The highest BCUT2D eigenvalue weighted by molar-refractivity contribution is 7.89. The molecule has 1 aliphatic rings. The summed E-state index contributed by atoms with van der Waals surface area (Å²) in [5.74, 6) is 0.781. The van der Waals surface area contributed by atoms with E-state index in [-0.39, 0.29) is 0 Å². The molecule has 1 saturated heterocycles. The first-order chi connectivity index (χ1) is 12.3. The largest absolute Gasteiger partial charge is 0.496 e. The van der Waals surface area contributed by atoms with Gasteiger partial charge in [-0.2, -0.15) is 9.40 Å². The van der Waals surface area contributed by atoms with Crippen molar-refractivity contribution in [2.45, 2.75) is 51.5 Å². The van der Waals surface area contributed by atoms with E-state index in [0.717, 1.165) is 36.1 Å². The fourth-order valence-electron chi connectivity index (χ4n) is 3.63. The van der Waals surface area contributed by atoms with Crippen molar-refractivity contribution in [3.05, 3.63) is 40.7 Å². The zero-order valence-corrected chi connectivity index (χ0v) is 16.8. The van der Waals surface area contributed by atoms with Crippen LogP contribution in [0.25, 0.3) is 0 Å². The van der Waals surface area contributed by atoms with Gasteiger partial charge in [-0.15, -0.1) is 0 Å². The van der Waals surface area contributed by atoms with Crippen LogP contribution in [0.5, 0.6) is 5.75 Å². The lowest BCUT2D eigenvalue weighted by Gasteiger charge is -2.26. The first-order valence-corrected chi connectivity index (χ1v) is 10.5. The van der Waals surface area contributed by atoms with Gasteiger partial charge in [-0.05, 0) is 39.7 Å². The Balaban J connectivity index is 1.97. The fraction of sp³-hybridized carbons (Fsp3) is 0.526. The summed E-state index contributed by atoms with van der Waals surface area (Å²) < 4.78 is 35.1. The predicted molar refractivity (Wildman–Crippen MR) is 101 cm³/mol. The van der Waals surface area contributed by atoms with Crippen molar-refractivity contribution < 1.29 is 13.2 Å². The van der Waals surface area contributed by atoms with E-state index in [4.69, 9.17) is 4.74 Å². The molecule has 2 heterocycles. The first-order valence-electron chi connectivity index (χ1n) is 9.02. The van der Waals surface area contributed by atoms with E-state index in [1.807, 2.05) is 32.0 Å². The van der Waals surface area contributed by atoms with E-state index in [9.17, 15) is 8.42 Å². The standard InChI is InChI=1S/C19H27N3O3S/c1-14-8-9-18(25-4)17(12-14)13-22-16(3)19(15(2)20-22)26(23,24)21-10-6-5-7-11-21/h8-9,12H,5-7,10-11,13H2,1-4H3. The number of ether oxygens (including phenoxy) is 1. The molecule has 1 aromatic heterocycles. The molecule has 3 rings (SSSR count). The van der Waals surface area contributed by atoms with E-state index in [1.54, 1.807) is 23.0 Å². The molecule has 0 saturated carbocycles. The smallest absolute Gasteiger partial charge is 0.246 e. The number of methoxy groups -OCH3 is 1. The van der Waals surface area contributed by atoms with E-state index < -0.39 is 10.0 Å². The summed E-state index contributed by atoms with van der Waals surface area (Å²) in [7, 11) is -1.86. The molecule has 142 valence electrons. The summed E-state index contributed by atoms with van der Waals surface area (Å²) >= 11 is 0. The average Bonchev–Trinajstić information content (AvgIpc) is 2.90. The number of aromatic nitrogens is 2. The molecule has 0 aliphatic carbocycles. The number of nitrogens with zero attached hydrogens (tertiary/aromatic N) is 3. The van der Waals surface area contributed by atoms with Crippen molar-refractivity contribution in [1.29, 1.82) is 0 Å². The van der Waals surface area contributed by atoms with Crippen LogP contribution in [0.15, 0.2) is 23.1 Å². The zero-order chi connectivity index (χ0) is 18.9. The molecule has 0 atom stereocenters. The Hall–Kier alpha value is -1.86. The van der Waals surface area contributed by atoms with Gasteiger partial charge in [-0.3, -0.25) is 4.68 Å². The quantitative estimate of drug-likeness (QED) is 0.803. The van der Waals surface area contributed by atoms with Gasteiger partial charge in [0.25, 0.3) is 0 Å². The Morgan fingerprint density at radius 1 is 1.12 bits per heavy atom. The summed E-state index contributed by atoms with van der Waals surface area (Å²) in [6.07, 6.45) is 2.94. The molecule has 1 fully saturated rings. The molecule has 1 aromatic carbocycles. The Morgan fingerprint density at radius 3 is 2.46 bits per heavy atom. The second kappa shape index (κ2) is 7.40. The molecule has 0 spiro atoms. The lowest BCUT2D eigenvalue weighted by Crippen LogP contribution is -2.36. The van der Waals surface area contributed by atoms with Crippen LogP contribution < -0.4 is 4.74 Å². The third-order valence-corrected chi connectivity index (χ3v) is 7.14. The van der Waals surface area contributed by atoms with Gasteiger partial charge in [0.05, 0.1) is 25.0 Å². The maximum atomic E-state index is 13.1. The van der Waals surface area contributed by atoms with Crippen molar-refractivity contribution in [2.75, 3.05) is 20.2 Å². The molecular weight excluding hydrogens is 350 g/mol. The van der Waals surface area contributed by atoms with Crippen LogP contribution in [0.4, 0.5) is 0 Å². The SMILES string of the molecule is COc1ccc(C)cc1Cn1nc(C)c(S(=O)(=O)N2CCCCC2)c1C. The van der Waals surface area contributed by atoms with E-state index >= 15 is 0 Å². The van der Waals surface area contributed by atoms with Gasteiger partial charge < -0.3 is 4.74 Å². The molecular formula is C19H27N3O3S. The third kappa shape index (κ3) is 3.50. The highest BCUT2D eigenvalue weighted by Crippen LogP contribution is 2.28. The van der Waals surface area contributed by atoms with Gasteiger partial charge in [0.1, 0.15) is 10.6 Å². The van der Waals surface area contributed by atoms with Gasteiger partial charge in [0, 0.05) is 18.7 Å². The number of benzene rings is 1. The summed E-state index contributed by atoms with van der Waals surface area (Å²) in [4.78, 5) is 0.353. The highest BCUT2D eigenvalue weighted by Gasteiger charge is 2.31. The molecule has 0 radical (unpaired) electrons. The molecule has 2 aromatic rings. The Kier molecular flexibility index (Phi) is 5.39. The van der Waals surface area contributed by atoms with Gasteiger partial charge in [0.15, 0.2) is 0 Å². The minimum absolute atomic E-state index is 0.353.